The van der Waals surface area contributed by atoms with Gasteiger partial charge in [0.15, 0.2) is 0 Å². The van der Waals surface area contributed by atoms with E-state index in [2.05, 4.69) is 18.7 Å². The molecule has 2 N–H and O–H groups in total. The van der Waals surface area contributed by atoms with Crippen LogP contribution in [0.15, 0.2) is 0 Å². The van der Waals surface area contributed by atoms with Crippen molar-refractivity contribution < 1.29 is 0 Å². The van der Waals surface area contributed by atoms with E-state index < -0.39 is 0 Å². The first-order valence-electron chi connectivity index (χ1n) is 7.24. The summed E-state index contributed by atoms with van der Waals surface area (Å²) < 4.78 is 0. The summed E-state index contributed by atoms with van der Waals surface area (Å²) in [6, 6.07) is 0. The first-order valence-corrected chi connectivity index (χ1v) is 7.24. The number of hydrogen-bond donors (Lipinski definition) is 1. The summed E-state index contributed by atoms with van der Waals surface area (Å²) in [5, 5.41) is 0. The number of likely N-dealkylation sites (N-methyl/N-ethyl adjacent to an activating group) is 1. The van der Waals surface area contributed by atoms with Gasteiger partial charge in [0.1, 0.15) is 0 Å². The fourth-order valence-corrected chi connectivity index (χ4v) is 3.14. The fourth-order valence-electron chi connectivity index (χ4n) is 3.14. The van der Waals surface area contributed by atoms with Crippen LogP contribution in [0.25, 0.3) is 0 Å². The standard InChI is InChI=1S/C14H30N2/c1-3-5-6-9-12-16(4-2)14(13-15)10-7-8-11-14/h3-13,15H2,1-2H3. The van der Waals surface area contributed by atoms with Gasteiger partial charge in [-0.05, 0) is 32.4 Å². The predicted molar refractivity (Wildman–Crippen MR) is 71.6 cm³/mol. The van der Waals surface area contributed by atoms with Crippen LogP contribution in [0.2, 0.25) is 0 Å². The Hall–Kier alpha value is -0.0800. The molecule has 1 fully saturated rings. The summed E-state index contributed by atoms with van der Waals surface area (Å²) >= 11 is 0. The number of unbranched alkanes of at least 4 members (excludes halogenated alkanes) is 3. The number of nitrogens with two attached hydrogens (primary N) is 1. The van der Waals surface area contributed by atoms with Crippen molar-refractivity contribution in [2.24, 2.45) is 5.73 Å². The molecule has 1 aliphatic rings. The molecule has 0 radical (unpaired) electrons. The van der Waals surface area contributed by atoms with Gasteiger partial charge in [-0.1, -0.05) is 46.0 Å². The van der Waals surface area contributed by atoms with Crippen LogP contribution in [0.3, 0.4) is 0 Å². The maximum Gasteiger partial charge on any atom is 0.0331 e. The second kappa shape index (κ2) is 7.29. The van der Waals surface area contributed by atoms with E-state index in [0.717, 1.165) is 6.54 Å². The Bertz CT molecular complexity index is 174. The molecule has 96 valence electrons. The van der Waals surface area contributed by atoms with Crippen LogP contribution < -0.4 is 5.73 Å². The molecule has 0 saturated heterocycles. The molecule has 0 aromatic rings. The lowest BCUT2D eigenvalue weighted by Crippen LogP contribution is -2.52. The van der Waals surface area contributed by atoms with Crippen LogP contribution in [0.1, 0.15) is 65.2 Å². The molecule has 16 heavy (non-hydrogen) atoms. The summed E-state index contributed by atoms with van der Waals surface area (Å²) in [5.74, 6) is 0. The molecule has 0 unspecified atom stereocenters. The highest BCUT2D eigenvalue weighted by Gasteiger charge is 2.36. The third kappa shape index (κ3) is 3.46. The number of rotatable bonds is 8. The third-order valence-electron chi connectivity index (χ3n) is 4.25. The van der Waals surface area contributed by atoms with E-state index in [1.54, 1.807) is 0 Å². The van der Waals surface area contributed by atoms with Crippen LogP contribution in [0, 0.1) is 0 Å². The minimum atomic E-state index is 0.362. The first kappa shape index (κ1) is 14.0. The van der Waals surface area contributed by atoms with E-state index in [4.69, 9.17) is 5.73 Å². The Kier molecular flexibility index (Phi) is 6.37. The molecule has 0 aromatic heterocycles. The second-order valence-electron chi connectivity index (χ2n) is 5.28. The Labute approximate surface area is 102 Å². The number of nitrogens with zero attached hydrogens (tertiary/aromatic N) is 1. The Balaban J connectivity index is 2.38. The van der Waals surface area contributed by atoms with Crippen LogP contribution in [-0.2, 0) is 0 Å². The smallest absolute Gasteiger partial charge is 0.0331 e. The zero-order valence-corrected chi connectivity index (χ0v) is 11.3. The van der Waals surface area contributed by atoms with Crippen molar-refractivity contribution in [1.29, 1.82) is 0 Å². The molecule has 0 aliphatic heterocycles. The SMILES string of the molecule is CCCCCCN(CC)C1(CN)CCCC1. The average molecular weight is 226 g/mol. The van der Waals surface area contributed by atoms with Crippen LogP contribution in [0.5, 0.6) is 0 Å². The van der Waals surface area contributed by atoms with Crippen LogP contribution in [-0.4, -0.2) is 30.1 Å². The quantitative estimate of drug-likeness (QED) is 0.644. The normalized spacial score (nSPS) is 19.5. The van der Waals surface area contributed by atoms with Gasteiger partial charge in [-0.2, -0.15) is 0 Å². The highest BCUT2D eigenvalue weighted by Crippen LogP contribution is 2.34. The summed E-state index contributed by atoms with van der Waals surface area (Å²) in [5.41, 5.74) is 6.40. The minimum Gasteiger partial charge on any atom is -0.329 e. The molecule has 1 rings (SSSR count). The van der Waals surface area contributed by atoms with E-state index in [0.29, 0.717) is 5.54 Å². The molecule has 0 bridgehead atoms. The van der Waals surface area contributed by atoms with Gasteiger partial charge in [0, 0.05) is 12.1 Å². The number of hydrogen-bond acceptors (Lipinski definition) is 2. The van der Waals surface area contributed by atoms with Crippen molar-refractivity contribution in [3.8, 4) is 0 Å². The maximum absolute atomic E-state index is 6.03. The molecular formula is C14H30N2. The van der Waals surface area contributed by atoms with Gasteiger partial charge in [0.05, 0.1) is 0 Å². The van der Waals surface area contributed by atoms with Crippen molar-refractivity contribution in [2.75, 3.05) is 19.6 Å². The van der Waals surface area contributed by atoms with Crippen molar-refractivity contribution in [1.82, 2.24) is 4.90 Å². The molecule has 0 spiro atoms. The van der Waals surface area contributed by atoms with Crippen molar-refractivity contribution >= 4 is 0 Å². The molecular weight excluding hydrogens is 196 g/mol. The fraction of sp³-hybridized carbons (Fsp3) is 1.00. The summed E-state index contributed by atoms with van der Waals surface area (Å²) in [4.78, 5) is 2.66. The summed E-state index contributed by atoms with van der Waals surface area (Å²) in [7, 11) is 0. The van der Waals surface area contributed by atoms with Crippen LogP contribution in [0.4, 0.5) is 0 Å². The van der Waals surface area contributed by atoms with E-state index in [9.17, 15) is 0 Å². The zero-order chi connectivity index (χ0) is 11.9. The molecule has 1 saturated carbocycles. The van der Waals surface area contributed by atoms with Gasteiger partial charge in [0.2, 0.25) is 0 Å². The van der Waals surface area contributed by atoms with Gasteiger partial charge < -0.3 is 5.73 Å². The molecule has 1 aliphatic carbocycles. The largest absolute Gasteiger partial charge is 0.329 e. The topological polar surface area (TPSA) is 29.3 Å². The Morgan fingerprint density at radius 3 is 2.25 bits per heavy atom. The third-order valence-corrected chi connectivity index (χ3v) is 4.25. The minimum absolute atomic E-state index is 0.362. The van der Waals surface area contributed by atoms with Gasteiger partial charge >= 0.3 is 0 Å². The van der Waals surface area contributed by atoms with Crippen LogP contribution >= 0.6 is 0 Å². The lowest BCUT2D eigenvalue weighted by atomic mass is 9.94. The summed E-state index contributed by atoms with van der Waals surface area (Å²) in [6.45, 7) is 7.84. The first-order chi connectivity index (χ1) is 7.79. The molecule has 0 aromatic carbocycles. The second-order valence-corrected chi connectivity index (χ2v) is 5.28. The highest BCUT2D eigenvalue weighted by molar-refractivity contribution is 4.95. The van der Waals surface area contributed by atoms with Gasteiger partial charge in [-0.3, -0.25) is 4.90 Å². The van der Waals surface area contributed by atoms with Gasteiger partial charge in [0.25, 0.3) is 0 Å². The van der Waals surface area contributed by atoms with Crippen molar-refractivity contribution in [2.45, 2.75) is 70.8 Å². The molecule has 2 nitrogen and oxygen atoms in total. The summed E-state index contributed by atoms with van der Waals surface area (Å²) in [6.07, 6.45) is 10.8. The van der Waals surface area contributed by atoms with Gasteiger partial charge in [-0.15, -0.1) is 0 Å². The van der Waals surface area contributed by atoms with Gasteiger partial charge in [-0.25, -0.2) is 0 Å². The molecule has 0 amide bonds. The predicted octanol–water partition coefficient (Wildman–Crippen LogP) is 3.16. The molecule has 0 heterocycles. The Morgan fingerprint density at radius 1 is 1.06 bits per heavy atom. The molecule has 0 atom stereocenters. The monoisotopic (exact) mass is 226 g/mol. The van der Waals surface area contributed by atoms with E-state index in [1.807, 2.05) is 0 Å². The van der Waals surface area contributed by atoms with E-state index >= 15 is 0 Å². The van der Waals surface area contributed by atoms with Crippen molar-refractivity contribution in [3.05, 3.63) is 0 Å². The average Bonchev–Trinajstić information content (AvgIpc) is 2.79. The maximum atomic E-state index is 6.03. The van der Waals surface area contributed by atoms with E-state index in [1.165, 1.54) is 64.5 Å². The lowest BCUT2D eigenvalue weighted by molar-refractivity contribution is 0.103. The van der Waals surface area contributed by atoms with E-state index in [-0.39, 0.29) is 0 Å². The highest BCUT2D eigenvalue weighted by atomic mass is 15.2. The zero-order valence-electron chi connectivity index (χ0n) is 11.3. The lowest BCUT2D eigenvalue weighted by Gasteiger charge is -2.40. The van der Waals surface area contributed by atoms with Crippen molar-refractivity contribution in [3.63, 3.8) is 0 Å². The Morgan fingerprint density at radius 2 is 1.75 bits per heavy atom. The molecule has 2 heteroatoms.